The van der Waals surface area contributed by atoms with Gasteiger partial charge in [-0.05, 0) is 115 Å². The van der Waals surface area contributed by atoms with Gasteiger partial charge in [-0.25, -0.2) is 10.9 Å². The predicted molar refractivity (Wildman–Crippen MR) is 408 cm³/mol. The number of hydrazone groups is 2. The summed E-state index contributed by atoms with van der Waals surface area (Å²) in [7, 11) is -3.96. The number of fused-ring (bicyclic) bond motifs is 9. The molecule has 7 heterocycles. The van der Waals surface area contributed by atoms with E-state index in [1.54, 1.807) is 37.3 Å². The summed E-state index contributed by atoms with van der Waals surface area (Å²) >= 11 is 12.5. The van der Waals surface area contributed by atoms with Crippen LogP contribution in [-0.4, -0.2) is 158 Å². The van der Waals surface area contributed by atoms with Gasteiger partial charge in [0.25, 0.3) is 15.8 Å². The van der Waals surface area contributed by atoms with Gasteiger partial charge in [-0.2, -0.15) is 18.6 Å². The molecule has 4 aliphatic heterocycles. The van der Waals surface area contributed by atoms with E-state index in [2.05, 4.69) is 71.7 Å². The van der Waals surface area contributed by atoms with Crippen LogP contribution in [0.15, 0.2) is 203 Å². The lowest BCUT2D eigenvalue weighted by Crippen LogP contribution is -2.33. The predicted octanol–water partition coefficient (Wildman–Crippen LogP) is 12.1. The van der Waals surface area contributed by atoms with Crippen molar-refractivity contribution in [2.24, 2.45) is 15.9 Å². The molecule has 0 saturated carbocycles. The van der Waals surface area contributed by atoms with Crippen molar-refractivity contribution in [2.45, 2.75) is 55.8 Å². The fraction of sp³-hybridized carbons (Fsp3) is 0.247. The van der Waals surface area contributed by atoms with E-state index in [0.29, 0.717) is 99.0 Å². The third-order valence-corrected chi connectivity index (χ3v) is 18.4. The van der Waals surface area contributed by atoms with Gasteiger partial charge in [0.2, 0.25) is 11.8 Å². The second-order valence-electron chi connectivity index (χ2n) is 24.2. The Morgan fingerprint density at radius 3 is 1.55 bits per heavy atom. The lowest BCUT2D eigenvalue weighted by molar-refractivity contribution is -0.385. The molecule has 0 aliphatic carbocycles. The van der Waals surface area contributed by atoms with Gasteiger partial charge < -0.3 is 69.7 Å². The van der Waals surface area contributed by atoms with Crippen LogP contribution in [0.5, 0.6) is 28.7 Å². The zero-order chi connectivity index (χ0) is 74.5. The Hall–Kier alpha value is -10.7. The molecule has 26 nitrogen and oxygen atoms in total. The number of aliphatic hydroxyl groups is 2. The molecule has 3 unspecified atom stereocenters. The van der Waals surface area contributed by atoms with Gasteiger partial charge in [0, 0.05) is 113 Å². The highest BCUT2D eigenvalue weighted by Crippen LogP contribution is 2.37. The quantitative estimate of drug-likeness (QED) is 0.00990. The Labute approximate surface area is 618 Å². The SMILES string of the molecule is CCO.NCCOc1ccc(C2=NNC(=O)CC2)cc1Cl.O=C1CCC(c2ccc(OCCNCC(O)COc3cccc4[nH]c5ccccc5c34)c(Cl)c2)=NN1.O=[N+]([O-])c1cccc(S(=O)(=O)OCC2CO2)c1.Oc1cccc2[nH]c3ccccc3c12.c1ccc2c(c1)[nH]c1cccc(OCC3CO3)c12. The third kappa shape index (κ3) is 20.6. The number of phenolic OH excluding ortho intramolecular Hbond substituents is 1. The average Bonchev–Trinajstić information content (AvgIpc) is 1.64. The summed E-state index contributed by atoms with van der Waals surface area (Å²) in [6.45, 7) is 6.13. The Bertz CT molecular complexity index is 5240. The molecule has 3 aromatic heterocycles. The number of carbonyl (C=O) groups excluding carboxylic acids is 2. The number of halogens is 2. The van der Waals surface area contributed by atoms with Crippen LogP contribution in [-0.2, 0) is 33.4 Å². The van der Waals surface area contributed by atoms with E-state index in [-0.39, 0.29) is 54.4 Å². The molecule has 3 atom stereocenters. The van der Waals surface area contributed by atoms with E-state index in [4.69, 9.17) is 66.6 Å². The van der Waals surface area contributed by atoms with Crippen LogP contribution in [0, 0.1) is 10.1 Å². The highest BCUT2D eigenvalue weighted by molar-refractivity contribution is 7.86. The number of nitro groups is 1. The number of aromatic amines is 3. The smallest absolute Gasteiger partial charge is 0.297 e. The maximum Gasteiger partial charge on any atom is 0.297 e. The molecule has 2 saturated heterocycles. The highest BCUT2D eigenvalue weighted by atomic mass is 35.5. The zero-order valence-electron chi connectivity index (χ0n) is 57.5. The van der Waals surface area contributed by atoms with E-state index in [1.165, 1.54) is 23.6 Å². The number of aliphatic hydroxyl groups excluding tert-OH is 2. The molecule has 2 amide bonds. The number of ether oxygens (including phenoxy) is 6. The van der Waals surface area contributed by atoms with Crippen molar-refractivity contribution in [3.8, 4) is 28.7 Å². The number of hydrogen-bond donors (Lipinski definition) is 10. The number of hydrogen-bond acceptors (Lipinski definition) is 20. The number of benzene rings is 9. The van der Waals surface area contributed by atoms with E-state index in [1.807, 2.05) is 103 Å². The Morgan fingerprint density at radius 2 is 1.06 bits per heavy atom. The van der Waals surface area contributed by atoms with Gasteiger partial charge >= 0.3 is 0 Å². The molecular weight excluding hydrogens is 1420 g/mol. The summed E-state index contributed by atoms with van der Waals surface area (Å²) in [5.41, 5.74) is 19.7. The molecule has 552 valence electrons. The molecule has 29 heteroatoms. The van der Waals surface area contributed by atoms with Crippen molar-refractivity contribution in [1.29, 1.82) is 0 Å². The molecule has 0 radical (unpaired) electrons. The first-order valence-corrected chi connectivity index (χ1v) is 36.2. The zero-order valence-corrected chi connectivity index (χ0v) is 59.8. The fourth-order valence-electron chi connectivity index (χ4n) is 11.2. The van der Waals surface area contributed by atoms with Crippen LogP contribution in [0.1, 0.15) is 43.7 Å². The standard InChI is InChI=1S/C27H27ClN4O4.C15H13NO2.C12H14ClN3O2.C12H9NO.C9H9NO6S.C2H6O/c28-20-14-17(21-9-11-26(34)32-31-21)8-10-24(20)35-13-12-29-15-18(33)16-36-25-7-3-6-23-27(25)19-4-1-2-5-22(19)30-23;1-2-5-12-11(4-1)15-13(16-12)6-3-7-14(15)18-9-10-8-17-10;13-9-7-8(1-3-11(9)18-6-5-14)10-2-4-12(17)16-15-10;14-11-7-3-6-10-12(11)8-4-1-2-5-9(8)13-10;11-10(12)7-2-1-3-9(4-7)17(13,14)16-6-8-5-15-8;1-2-3/h1-8,10,14,18,29-30,33H,9,11-13,15-16H2,(H,32,34);1-7,10,16H,8-9H2;1,3,7H,2,4-6,14H2,(H,16,17);1-7,13-14H;1-4,8H,5-6H2;3H,2H2,1H3. The number of epoxide rings is 2. The van der Waals surface area contributed by atoms with Gasteiger partial charge in [-0.1, -0.05) is 102 Å². The summed E-state index contributed by atoms with van der Waals surface area (Å²) in [4.78, 5) is 41.9. The fourth-order valence-corrected chi connectivity index (χ4v) is 12.7. The molecule has 0 bridgehead atoms. The maximum atomic E-state index is 11.6. The minimum Gasteiger partial charge on any atom is -0.507 e. The number of phenols is 1. The number of nitrogens with two attached hydrogens (primary N) is 1. The second-order valence-corrected chi connectivity index (χ2v) is 26.7. The minimum atomic E-state index is -3.96. The first-order chi connectivity index (χ1) is 51.5. The van der Waals surface area contributed by atoms with Crippen molar-refractivity contribution in [1.82, 2.24) is 31.1 Å². The number of H-pyrrole nitrogens is 3. The topological polar surface area (TPSA) is 378 Å². The number of carbonyl (C=O) groups is 2. The Balaban J connectivity index is 0.000000137. The van der Waals surface area contributed by atoms with Crippen LogP contribution in [0.3, 0.4) is 0 Å². The third-order valence-electron chi connectivity index (χ3n) is 16.5. The van der Waals surface area contributed by atoms with Crippen molar-refractivity contribution in [3.63, 3.8) is 0 Å². The van der Waals surface area contributed by atoms with Crippen LogP contribution >= 0.6 is 23.2 Å². The first kappa shape index (κ1) is 76.4. The van der Waals surface area contributed by atoms with Crippen LogP contribution in [0.2, 0.25) is 10.0 Å². The summed E-state index contributed by atoms with van der Waals surface area (Å²) in [6, 6.07) is 57.5. The van der Waals surface area contributed by atoms with Gasteiger partial charge in [-0.15, -0.1) is 0 Å². The number of aromatic nitrogens is 3. The summed E-state index contributed by atoms with van der Waals surface area (Å²) in [5, 5.41) is 56.9. The van der Waals surface area contributed by atoms with Gasteiger partial charge in [-0.3, -0.25) is 23.9 Å². The number of amides is 2. The first-order valence-electron chi connectivity index (χ1n) is 34.0. The summed E-state index contributed by atoms with van der Waals surface area (Å²) in [6.07, 6.45) is 1.47. The molecule has 106 heavy (non-hydrogen) atoms. The average molecular weight is 1500 g/mol. The lowest BCUT2D eigenvalue weighted by Gasteiger charge is -2.15. The largest absolute Gasteiger partial charge is 0.507 e. The summed E-state index contributed by atoms with van der Waals surface area (Å²) in [5.74, 6) is 3.03. The number of non-ortho nitro benzene ring substituents is 1. The van der Waals surface area contributed by atoms with Gasteiger partial charge in [0.05, 0.1) is 62.8 Å². The minimum absolute atomic E-state index is 0.0623. The Morgan fingerprint density at radius 1 is 0.594 bits per heavy atom. The molecule has 4 aliphatic rings. The molecule has 0 spiro atoms. The van der Waals surface area contributed by atoms with Crippen molar-refractivity contribution in [3.05, 3.63) is 219 Å². The molecule has 11 N–H and O–H groups in total. The molecule has 16 rings (SSSR count). The number of nitro benzene ring substituents is 1. The van der Waals surface area contributed by atoms with Crippen molar-refractivity contribution >= 4 is 128 Å². The van der Waals surface area contributed by atoms with Gasteiger partial charge in [0.1, 0.15) is 78.4 Å². The number of aromatic hydroxyl groups is 1. The van der Waals surface area contributed by atoms with Gasteiger partial charge in [0.15, 0.2) is 0 Å². The summed E-state index contributed by atoms with van der Waals surface area (Å²) < 4.78 is 60.9. The Kier molecular flexibility index (Phi) is 26.6. The number of rotatable bonds is 22. The number of para-hydroxylation sites is 3. The van der Waals surface area contributed by atoms with E-state index in [0.717, 1.165) is 107 Å². The number of nitrogens with one attached hydrogen (secondary N) is 6. The molecule has 2 fully saturated rings. The lowest BCUT2D eigenvalue weighted by atomic mass is 10.0. The maximum absolute atomic E-state index is 11.6. The second kappa shape index (κ2) is 36.8. The van der Waals surface area contributed by atoms with E-state index >= 15 is 0 Å². The van der Waals surface area contributed by atoms with Crippen molar-refractivity contribution < 1.29 is 70.9 Å². The van der Waals surface area contributed by atoms with Crippen LogP contribution in [0.25, 0.3) is 65.4 Å². The van der Waals surface area contributed by atoms with Crippen LogP contribution in [0.4, 0.5) is 5.69 Å². The van der Waals surface area contributed by atoms with E-state index < -0.39 is 21.1 Å². The number of nitrogens with zero attached hydrogens (tertiary/aromatic N) is 3. The highest BCUT2D eigenvalue weighted by Gasteiger charge is 2.28. The monoisotopic (exact) mass is 1500 g/mol. The molecule has 9 aromatic carbocycles. The molecular formula is C77H78Cl2N10O16S. The molecule has 12 aromatic rings. The van der Waals surface area contributed by atoms with E-state index in [9.17, 15) is 38.3 Å². The normalized spacial score (nSPS) is 15.3. The van der Waals surface area contributed by atoms with Crippen molar-refractivity contribution in [2.75, 3.05) is 72.5 Å². The van der Waals surface area contributed by atoms with Crippen LogP contribution < -0.4 is 40.8 Å².